The average Bonchev–Trinajstić information content (AvgIpc) is 3.17. The Balaban J connectivity index is 1.71. The van der Waals surface area contributed by atoms with Crippen LogP contribution in [0.1, 0.15) is 28.3 Å². The molecule has 2 N–H and O–H groups in total. The highest BCUT2D eigenvalue weighted by Crippen LogP contribution is 2.44. The number of hydrogen-bond acceptors (Lipinski definition) is 7. The highest BCUT2D eigenvalue weighted by atomic mass is 79.9. The number of aliphatic hydroxyl groups excluding tert-OH is 1. The van der Waals surface area contributed by atoms with Crippen LogP contribution in [0.15, 0.2) is 70.7 Å². The highest BCUT2D eigenvalue weighted by Gasteiger charge is 2.46. The minimum atomic E-state index is -0.881. The molecular formula is C30H31BrN2O6. The van der Waals surface area contributed by atoms with E-state index in [1.165, 1.54) is 12.0 Å². The molecule has 0 bridgehead atoms. The van der Waals surface area contributed by atoms with Gasteiger partial charge in [0, 0.05) is 18.7 Å². The summed E-state index contributed by atoms with van der Waals surface area (Å²) in [6, 6.07) is 17.1. The Labute approximate surface area is 236 Å². The highest BCUT2D eigenvalue weighted by molar-refractivity contribution is 9.10. The second kappa shape index (κ2) is 11.9. The number of methoxy groups -OCH3 is 1. The van der Waals surface area contributed by atoms with E-state index in [0.717, 1.165) is 11.1 Å². The fourth-order valence-corrected chi connectivity index (χ4v) is 4.97. The molecule has 1 amide bonds. The van der Waals surface area contributed by atoms with Crippen molar-refractivity contribution in [3.8, 4) is 17.2 Å². The van der Waals surface area contributed by atoms with E-state index in [1.807, 2.05) is 50.2 Å². The monoisotopic (exact) mass is 594 g/mol. The van der Waals surface area contributed by atoms with E-state index < -0.39 is 17.7 Å². The van der Waals surface area contributed by atoms with Gasteiger partial charge in [-0.3, -0.25) is 9.59 Å². The summed E-state index contributed by atoms with van der Waals surface area (Å²) in [6.45, 7) is 3.17. The molecule has 1 heterocycles. The Morgan fingerprint density at radius 3 is 2.44 bits per heavy atom. The molecule has 39 heavy (non-hydrogen) atoms. The third-order valence-electron chi connectivity index (χ3n) is 6.53. The number of phenolic OH excluding ortho intramolecular Hbond substituents is 1. The molecule has 1 aliphatic rings. The Hall–Kier alpha value is -3.82. The number of carbonyl (C=O) groups excluding carboxylic acids is 2. The third kappa shape index (κ3) is 6.10. The van der Waals surface area contributed by atoms with E-state index in [-0.39, 0.29) is 29.4 Å². The predicted octanol–water partition coefficient (Wildman–Crippen LogP) is 5.03. The molecule has 8 nitrogen and oxygen atoms in total. The second-order valence-electron chi connectivity index (χ2n) is 9.65. The maximum atomic E-state index is 13.3. The quantitative estimate of drug-likeness (QED) is 0.203. The predicted molar refractivity (Wildman–Crippen MR) is 152 cm³/mol. The topological polar surface area (TPSA) is 99.5 Å². The number of aliphatic hydroxyl groups is 1. The van der Waals surface area contributed by atoms with Crippen LogP contribution in [0.5, 0.6) is 17.2 Å². The Bertz CT molecular complexity index is 1420. The zero-order valence-electron chi connectivity index (χ0n) is 22.3. The van der Waals surface area contributed by atoms with Gasteiger partial charge in [0.1, 0.15) is 18.1 Å². The molecule has 1 atom stereocenters. The second-order valence-corrected chi connectivity index (χ2v) is 10.5. The van der Waals surface area contributed by atoms with Crippen molar-refractivity contribution < 1.29 is 29.3 Å². The number of carbonyl (C=O) groups is 2. The number of Topliss-reactive ketones (excluding diaryl/α,β-unsaturated/α-hetero) is 1. The maximum Gasteiger partial charge on any atom is 0.295 e. The number of halogens is 1. The van der Waals surface area contributed by atoms with Crippen LogP contribution in [-0.2, 0) is 16.2 Å². The lowest BCUT2D eigenvalue weighted by Gasteiger charge is -2.27. The Morgan fingerprint density at radius 1 is 1.08 bits per heavy atom. The summed E-state index contributed by atoms with van der Waals surface area (Å²) >= 11 is 3.32. The van der Waals surface area contributed by atoms with E-state index in [9.17, 15) is 19.8 Å². The summed E-state index contributed by atoms with van der Waals surface area (Å²) in [5.41, 5.74) is 3.03. The number of likely N-dealkylation sites (tertiary alicyclic amines) is 1. The van der Waals surface area contributed by atoms with E-state index in [4.69, 9.17) is 9.47 Å². The molecule has 0 saturated carbocycles. The van der Waals surface area contributed by atoms with Crippen LogP contribution < -0.4 is 9.47 Å². The van der Waals surface area contributed by atoms with Gasteiger partial charge in [0.25, 0.3) is 11.7 Å². The molecule has 204 valence electrons. The molecule has 1 saturated heterocycles. The number of aryl methyl sites for hydroxylation is 1. The SMILES string of the molecule is COc1cc(C2C(=C(O)c3ccc(OCc4cccc(C)c4)cc3)C(=O)C(=O)N2CCN(C)C)cc(Br)c1O. The summed E-state index contributed by atoms with van der Waals surface area (Å²) in [5.74, 6) is -1.10. The lowest BCUT2D eigenvalue weighted by atomic mass is 9.95. The number of rotatable bonds is 9. The van der Waals surface area contributed by atoms with Gasteiger partial charge in [-0.2, -0.15) is 0 Å². The molecule has 0 aliphatic carbocycles. The van der Waals surface area contributed by atoms with E-state index in [1.54, 1.807) is 36.4 Å². The molecule has 4 rings (SSSR count). The molecular weight excluding hydrogens is 564 g/mol. The van der Waals surface area contributed by atoms with Gasteiger partial charge in [0.2, 0.25) is 0 Å². The zero-order chi connectivity index (χ0) is 28.3. The first-order valence-corrected chi connectivity index (χ1v) is 13.2. The van der Waals surface area contributed by atoms with Crippen molar-refractivity contribution in [1.82, 2.24) is 9.80 Å². The summed E-state index contributed by atoms with van der Waals surface area (Å²) < 4.78 is 11.5. The molecule has 0 aromatic heterocycles. The van der Waals surface area contributed by atoms with Crippen LogP contribution in [-0.4, -0.2) is 66.0 Å². The normalized spacial score (nSPS) is 16.7. The first-order valence-electron chi connectivity index (χ1n) is 12.4. The number of nitrogens with zero attached hydrogens (tertiary/aromatic N) is 2. The first kappa shape index (κ1) is 28.2. The first-order chi connectivity index (χ1) is 18.6. The number of hydrogen-bond donors (Lipinski definition) is 2. The van der Waals surface area contributed by atoms with Crippen LogP contribution >= 0.6 is 15.9 Å². The third-order valence-corrected chi connectivity index (χ3v) is 7.13. The smallest absolute Gasteiger partial charge is 0.295 e. The zero-order valence-corrected chi connectivity index (χ0v) is 23.9. The Kier molecular flexibility index (Phi) is 8.62. The minimum Gasteiger partial charge on any atom is -0.507 e. The van der Waals surface area contributed by atoms with Crippen LogP contribution in [0.4, 0.5) is 0 Å². The fraction of sp³-hybridized carbons (Fsp3) is 0.267. The van der Waals surface area contributed by atoms with Gasteiger partial charge in [-0.05, 0) is 84.5 Å². The van der Waals surface area contributed by atoms with Gasteiger partial charge in [0.05, 0.1) is 23.2 Å². The molecule has 9 heteroatoms. The average molecular weight is 595 g/mol. The lowest BCUT2D eigenvalue weighted by Crippen LogP contribution is -2.35. The number of aromatic hydroxyl groups is 1. The summed E-state index contributed by atoms with van der Waals surface area (Å²) in [4.78, 5) is 29.8. The Morgan fingerprint density at radius 2 is 1.79 bits per heavy atom. The molecule has 1 aliphatic heterocycles. The molecule has 3 aromatic rings. The van der Waals surface area contributed by atoms with Crippen molar-refractivity contribution in [2.45, 2.75) is 19.6 Å². The fourth-order valence-electron chi connectivity index (χ4n) is 4.51. The van der Waals surface area contributed by atoms with E-state index in [0.29, 0.717) is 34.5 Å². The number of amides is 1. The van der Waals surface area contributed by atoms with Gasteiger partial charge in [-0.1, -0.05) is 29.8 Å². The van der Waals surface area contributed by atoms with Crippen molar-refractivity contribution in [1.29, 1.82) is 0 Å². The molecule has 3 aromatic carbocycles. The maximum absolute atomic E-state index is 13.3. The van der Waals surface area contributed by atoms with Crippen molar-refractivity contribution in [3.63, 3.8) is 0 Å². The summed E-state index contributed by atoms with van der Waals surface area (Å²) in [5, 5.41) is 21.7. The van der Waals surface area contributed by atoms with Crippen LogP contribution in [0, 0.1) is 6.92 Å². The number of ketones is 1. The van der Waals surface area contributed by atoms with Crippen LogP contribution in [0.2, 0.25) is 0 Å². The van der Waals surface area contributed by atoms with Gasteiger partial charge >= 0.3 is 0 Å². The van der Waals surface area contributed by atoms with Crippen molar-refractivity contribution in [3.05, 3.63) is 93.0 Å². The number of phenols is 1. The van der Waals surface area contributed by atoms with Gasteiger partial charge in [-0.15, -0.1) is 0 Å². The number of likely N-dealkylation sites (N-methyl/N-ethyl adjacent to an activating group) is 1. The van der Waals surface area contributed by atoms with Crippen molar-refractivity contribution in [2.75, 3.05) is 34.3 Å². The number of ether oxygens (including phenoxy) is 2. The van der Waals surface area contributed by atoms with Crippen molar-refractivity contribution in [2.24, 2.45) is 0 Å². The van der Waals surface area contributed by atoms with Crippen molar-refractivity contribution >= 4 is 33.4 Å². The van der Waals surface area contributed by atoms with Gasteiger partial charge < -0.3 is 29.5 Å². The van der Waals surface area contributed by atoms with E-state index >= 15 is 0 Å². The van der Waals surface area contributed by atoms with Crippen LogP contribution in [0.3, 0.4) is 0 Å². The van der Waals surface area contributed by atoms with Crippen LogP contribution in [0.25, 0.3) is 5.76 Å². The minimum absolute atomic E-state index is 0.0353. The van der Waals surface area contributed by atoms with E-state index in [2.05, 4.69) is 15.9 Å². The standard InChI is InChI=1S/C30H31BrN2O6/c1-18-6-5-7-19(14-18)17-39-22-10-8-20(9-11-22)27(34)25-26(21-15-23(31)28(35)24(16-21)38-4)33(13-12-32(2)3)30(37)29(25)36/h5-11,14-16,26,34-35H,12-13,17H2,1-4H3. The van der Waals surface area contributed by atoms with Gasteiger partial charge in [0.15, 0.2) is 11.5 Å². The summed E-state index contributed by atoms with van der Waals surface area (Å²) in [7, 11) is 5.15. The molecule has 0 spiro atoms. The number of benzene rings is 3. The molecule has 1 unspecified atom stereocenters. The van der Waals surface area contributed by atoms with Gasteiger partial charge in [-0.25, -0.2) is 0 Å². The largest absolute Gasteiger partial charge is 0.507 e. The molecule has 1 fully saturated rings. The lowest BCUT2D eigenvalue weighted by molar-refractivity contribution is -0.140. The summed E-state index contributed by atoms with van der Waals surface area (Å²) in [6.07, 6.45) is 0. The molecule has 0 radical (unpaired) electrons.